The van der Waals surface area contributed by atoms with E-state index in [2.05, 4.69) is 37.6 Å². The average molecular weight is 402 g/mol. The molecular weight excluding hydrogens is 374 g/mol. The molecule has 6 heteroatoms. The lowest BCUT2D eigenvalue weighted by Gasteiger charge is -2.32. The fraction of sp³-hybridized carbons (Fsp3) is 0.375. The fourth-order valence-electron chi connectivity index (χ4n) is 4.73. The van der Waals surface area contributed by atoms with Crippen LogP contribution in [0.1, 0.15) is 42.9 Å². The lowest BCUT2D eigenvalue weighted by atomic mass is 9.89. The molecule has 3 heterocycles. The Morgan fingerprint density at radius 1 is 1.00 bits per heavy atom. The minimum absolute atomic E-state index is 0.340. The van der Waals surface area contributed by atoms with Crippen LogP contribution in [-0.4, -0.2) is 50.0 Å². The number of likely N-dealkylation sites (tertiary alicyclic amines) is 1. The lowest BCUT2D eigenvalue weighted by Crippen LogP contribution is -2.33. The van der Waals surface area contributed by atoms with Gasteiger partial charge in [0.2, 0.25) is 0 Å². The highest BCUT2D eigenvalue weighted by Crippen LogP contribution is 2.34. The van der Waals surface area contributed by atoms with E-state index in [4.69, 9.17) is 0 Å². The number of nitrogens with zero attached hydrogens (tertiary/aromatic N) is 4. The lowest BCUT2D eigenvalue weighted by molar-refractivity contribution is 0.209. The Labute approximate surface area is 175 Å². The summed E-state index contributed by atoms with van der Waals surface area (Å²) in [5.41, 5.74) is 4.44. The molecule has 2 aromatic heterocycles. The number of fused-ring (bicyclic) bond motifs is 2. The summed E-state index contributed by atoms with van der Waals surface area (Å²) in [7, 11) is 0. The van der Waals surface area contributed by atoms with Crippen molar-refractivity contribution in [3.63, 3.8) is 0 Å². The summed E-state index contributed by atoms with van der Waals surface area (Å²) in [6.45, 7) is 3.40. The van der Waals surface area contributed by atoms with Gasteiger partial charge in [0, 0.05) is 22.5 Å². The van der Waals surface area contributed by atoms with E-state index < -0.39 is 0 Å². The highest BCUT2D eigenvalue weighted by Gasteiger charge is 2.22. The number of phenolic OH excluding ortho intramolecular Hbond substituents is 1. The molecule has 0 saturated carbocycles. The molecule has 0 aliphatic carbocycles. The van der Waals surface area contributed by atoms with Gasteiger partial charge in [0.1, 0.15) is 5.75 Å². The minimum atomic E-state index is 0.340. The molecule has 4 aromatic rings. The summed E-state index contributed by atoms with van der Waals surface area (Å²) in [5, 5.41) is 24.4. The van der Waals surface area contributed by atoms with E-state index in [1.807, 2.05) is 30.3 Å². The van der Waals surface area contributed by atoms with Gasteiger partial charge in [-0.1, -0.05) is 18.2 Å². The minimum Gasteiger partial charge on any atom is -0.508 e. The third-order valence-corrected chi connectivity index (χ3v) is 6.40. The Bertz CT molecular complexity index is 1140. The number of hydrogen-bond acceptors (Lipinski definition) is 5. The van der Waals surface area contributed by atoms with Gasteiger partial charge < -0.3 is 15.0 Å². The van der Waals surface area contributed by atoms with E-state index in [0.29, 0.717) is 11.7 Å². The summed E-state index contributed by atoms with van der Waals surface area (Å²) >= 11 is 0. The number of piperidine rings is 1. The molecule has 1 aliphatic rings. The molecule has 30 heavy (non-hydrogen) atoms. The van der Waals surface area contributed by atoms with Gasteiger partial charge in [-0.3, -0.25) is 0 Å². The van der Waals surface area contributed by atoms with Crippen LogP contribution < -0.4 is 0 Å². The van der Waals surface area contributed by atoms with Crippen LogP contribution in [-0.2, 0) is 6.42 Å². The third-order valence-electron chi connectivity index (χ3n) is 6.40. The van der Waals surface area contributed by atoms with Gasteiger partial charge in [0.05, 0.1) is 11.2 Å². The first kappa shape index (κ1) is 19.0. The van der Waals surface area contributed by atoms with Crippen molar-refractivity contribution in [2.75, 3.05) is 19.6 Å². The normalized spacial score (nSPS) is 15.9. The molecule has 0 atom stereocenters. The maximum atomic E-state index is 9.84. The zero-order valence-electron chi connectivity index (χ0n) is 17.1. The van der Waals surface area contributed by atoms with Crippen molar-refractivity contribution in [3.05, 3.63) is 59.9 Å². The van der Waals surface area contributed by atoms with Gasteiger partial charge in [-0.25, -0.2) is 0 Å². The highest BCUT2D eigenvalue weighted by molar-refractivity contribution is 5.85. The Balaban J connectivity index is 1.12. The van der Waals surface area contributed by atoms with Crippen molar-refractivity contribution in [3.8, 4) is 5.75 Å². The van der Waals surface area contributed by atoms with Gasteiger partial charge in [-0.15, -0.1) is 10.2 Å². The number of unbranched alkanes of at least 4 members (excludes halogenated alkanes) is 1. The Morgan fingerprint density at radius 3 is 2.77 bits per heavy atom. The number of benzene rings is 2. The first-order valence-corrected chi connectivity index (χ1v) is 10.9. The number of aromatic hydroxyl groups is 1. The SMILES string of the molecule is Oc1ccc2[nH]cc(C3CCN(CCCCc4nnnc5ccccc45)CC3)c2c1. The number of nitrogens with one attached hydrogen (secondary N) is 1. The Kier molecular flexibility index (Phi) is 5.32. The maximum absolute atomic E-state index is 9.84. The molecule has 2 aromatic carbocycles. The second kappa shape index (κ2) is 8.40. The van der Waals surface area contributed by atoms with Crippen LogP contribution in [0.4, 0.5) is 0 Å². The van der Waals surface area contributed by atoms with Crippen LogP contribution in [0.5, 0.6) is 5.75 Å². The average Bonchev–Trinajstić information content (AvgIpc) is 3.20. The number of hydrogen-bond donors (Lipinski definition) is 2. The van der Waals surface area contributed by atoms with Crippen LogP contribution in [0.3, 0.4) is 0 Å². The van der Waals surface area contributed by atoms with Crippen LogP contribution in [0.2, 0.25) is 0 Å². The van der Waals surface area contributed by atoms with Crippen LogP contribution in [0.15, 0.2) is 48.7 Å². The number of aromatic nitrogens is 4. The van der Waals surface area contributed by atoms with Crippen molar-refractivity contribution in [2.45, 2.75) is 38.0 Å². The summed E-state index contributed by atoms with van der Waals surface area (Å²) in [6.07, 6.45) is 7.70. The first-order valence-electron chi connectivity index (χ1n) is 10.9. The number of rotatable bonds is 6. The molecule has 1 fully saturated rings. The number of phenols is 1. The summed E-state index contributed by atoms with van der Waals surface area (Å²) in [4.78, 5) is 5.94. The summed E-state index contributed by atoms with van der Waals surface area (Å²) in [6, 6.07) is 13.7. The predicted molar refractivity (Wildman–Crippen MR) is 119 cm³/mol. The molecule has 0 bridgehead atoms. The van der Waals surface area contributed by atoms with Crippen LogP contribution in [0.25, 0.3) is 21.8 Å². The zero-order valence-corrected chi connectivity index (χ0v) is 17.1. The van der Waals surface area contributed by atoms with Gasteiger partial charge in [0.25, 0.3) is 0 Å². The number of aromatic amines is 1. The van der Waals surface area contributed by atoms with Crippen LogP contribution >= 0.6 is 0 Å². The molecule has 0 amide bonds. The second-order valence-electron chi connectivity index (χ2n) is 8.30. The molecule has 2 N–H and O–H groups in total. The second-order valence-corrected chi connectivity index (χ2v) is 8.30. The molecule has 154 valence electrons. The molecule has 0 spiro atoms. The van der Waals surface area contributed by atoms with E-state index in [1.165, 1.54) is 30.2 Å². The molecule has 0 unspecified atom stereocenters. The molecule has 1 saturated heterocycles. The van der Waals surface area contributed by atoms with Crippen LogP contribution in [0, 0.1) is 0 Å². The Hall–Kier alpha value is -2.99. The van der Waals surface area contributed by atoms with Gasteiger partial charge in [-0.2, -0.15) is 0 Å². The molecular formula is C24H27N5O. The van der Waals surface area contributed by atoms with Gasteiger partial charge in [-0.05, 0) is 92.7 Å². The summed E-state index contributed by atoms with van der Waals surface area (Å²) < 4.78 is 0. The first-order chi connectivity index (χ1) is 14.8. The zero-order chi connectivity index (χ0) is 20.3. The largest absolute Gasteiger partial charge is 0.508 e. The van der Waals surface area contributed by atoms with Crippen molar-refractivity contribution in [1.82, 2.24) is 25.3 Å². The molecule has 6 nitrogen and oxygen atoms in total. The quantitative estimate of drug-likeness (QED) is 0.468. The monoisotopic (exact) mass is 401 g/mol. The number of aryl methyl sites for hydroxylation is 1. The standard InChI is InChI=1S/C24H27N5O/c30-18-8-9-22-20(15-18)21(16-25-22)17-10-13-29(14-11-17)12-4-3-7-24-19-5-1-2-6-23(19)26-28-27-24/h1-2,5-6,8-9,15-17,25,30H,3-4,7,10-14H2. The van der Waals surface area contributed by atoms with Crippen molar-refractivity contribution in [2.24, 2.45) is 0 Å². The molecule has 5 rings (SSSR count). The van der Waals surface area contributed by atoms with E-state index >= 15 is 0 Å². The fourth-order valence-corrected chi connectivity index (χ4v) is 4.73. The Morgan fingerprint density at radius 2 is 1.87 bits per heavy atom. The van der Waals surface area contributed by atoms with E-state index in [1.54, 1.807) is 6.07 Å². The van der Waals surface area contributed by atoms with Crippen molar-refractivity contribution in [1.29, 1.82) is 0 Å². The van der Waals surface area contributed by atoms with E-state index in [9.17, 15) is 5.11 Å². The van der Waals surface area contributed by atoms with Crippen molar-refractivity contribution >= 4 is 21.8 Å². The van der Waals surface area contributed by atoms with E-state index in [-0.39, 0.29) is 0 Å². The highest BCUT2D eigenvalue weighted by atomic mass is 16.3. The third kappa shape index (κ3) is 3.87. The maximum Gasteiger partial charge on any atom is 0.116 e. The van der Waals surface area contributed by atoms with E-state index in [0.717, 1.165) is 54.6 Å². The molecule has 0 radical (unpaired) electrons. The number of H-pyrrole nitrogens is 1. The summed E-state index contributed by atoms with van der Waals surface area (Å²) in [5.74, 6) is 0.905. The smallest absolute Gasteiger partial charge is 0.116 e. The molecule has 1 aliphatic heterocycles. The van der Waals surface area contributed by atoms with Gasteiger partial charge >= 0.3 is 0 Å². The van der Waals surface area contributed by atoms with Gasteiger partial charge in [0.15, 0.2) is 0 Å². The van der Waals surface area contributed by atoms with Crippen molar-refractivity contribution < 1.29 is 5.11 Å². The predicted octanol–water partition coefficient (Wildman–Crippen LogP) is 4.41. The topological polar surface area (TPSA) is 77.9 Å².